The zero-order valence-electron chi connectivity index (χ0n) is 17.0. The SMILES string of the molecule is C[C@@H](Sc1ccc2nnc(-c3cccs3)n2n1)C(=O)NC12CC3CC(CC(C3)C1)C2. The van der Waals surface area contributed by atoms with Gasteiger partial charge in [-0.2, -0.15) is 9.61 Å². The quantitative estimate of drug-likeness (QED) is 0.596. The largest absolute Gasteiger partial charge is 0.350 e. The van der Waals surface area contributed by atoms with Crippen LogP contribution in [0.15, 0.2) is 34.7 Å². The fourth-order valence-electron chi connectivity index (χ4n) is 6.26. The van der Waals surface area contributed by atoms with Gasteiger partial charge in [-0.1, -0.05) is 17.8 Å². The highest BCUT2D eigenvalue weighted by atomic mass is 32.2. The Balaban J connectivity index is 1.19. The van der Waals surface area contributed by atoms with E-state index in [0.717, 1.165) is 33.5 Å². The Bertz CT molecular complexity index is 1060. The third kappa shape index (κ3) is 3.24. The number of fused-ring (bicyclic) bond motifs is 1. The molecule has 0 aromatic carbocycles. The topological polar surface area (TPSA) is 72.2 Å². The maximum Gasteiger partial charge on any atom is 0.233 e. The molecule has 4 fully saturated rings. The van der Waals surface area contributed by atoms with Gasteiger partial charge in [-0.3, -0.25) is 4.79 Å². The van der Waals surface area contributed by atoms with E-state index in [1.807, 2.05) is 36.6 Å². The molecular weight excluding hydrogens is 414 g/mol. The number of nitrogens with one attached hydrogen (secondary N) is 1. The first kappa shape index (κ1) is 18.8. The van der Waals surface area contributed by atoms with Crippen molar-refractivity contribution in [1.82, 2.24) is 25.1 Å². The summed E-state index contributed by atoms with van der Waals surface area (Å²) in [6.45, 7) is 1.98. The Morgan fingerprint density at radius 2 is 1.90 bits per heavy atom. The van der Waals surface area contributed by atoms with Gasteiger partial charge in [0.1, 0.15) is 5.03 Å². The van der Waals surface area contributed by atoms with Crippen molar-refractivity contribution < 1.29 is 4.79 Å². The minimum Gasteiger partial charge on any atom is -0.350 e. The first-order valence-electron chi connectivity index (χ1n) is 10.8. The number of hydrogen-bond donors (Lipinski definition) is 1. The Morgan fingerprint density at radius 1 is 1.17 bits per heavy atom. The van der Waals surface area contributed by atoms with Gasteiger partial charge in [0.2, 0.25) is 5.91 Å². The zero-order chi connectivity index (χ0) is 20.3. The van der Waals surface area contributed by atoms with E-state index in [1.54, 1.807) is 15.9 Å². The van der Waals surface area contributed by atoms with Crippen LogP contribution in [0.3, 0.4) is 0 Å². The molecule has 3 aromatic heterocycles. The number of aromatic nitrogens is 4. The first-order chi connectivity index (χ1) is 14.6. The maximum atomic E-state index is 13.1. The molecule has 30 heavy (non-hydrogen) atoms. The van der Waals surface area contributed by atoms with Gasteiger partial charge in [0.25, 0.3) is 0 Å². The number of nitrogens with zero attached hydrogens (tertiary/aromatic N) is 4. The number of thiophene rings is 1. The van der Waals surface area contributed by atoms with Crippen LogP contribution in [0.4, 0.5) is 0 Å². The summed E-state index contributed by atoms with van der Waals surface area (Å²) in [5.74, 6) is 3.37. The molecule has 1 amide bonds. The highest BCUT2D eigenvalue weighted by molar-refractivity contribution is 8.00. The molecule has 1 atom stereocenters. The van der Waals surface area contributed by atoms with Gasteiger partial charge in [-0.15, -0.1) is 21.5 Å². The molecule has 0 spiro atoms. The van der Waals surface area contributed by atoms with Crippen LogP contribution in [0.1, 0.15) is 45.4 Å². The predicted molar refractivity (Wildman–Crippen MR) is 118 cm³/mol. The molecule has 7 rings (SSSR count). The summed E-state index contributed by atoms with van der Waals surface area (Å²) < 4.78 is 1.78. The molecule has 3 aromatic rings. The summed E-state index contributed by atoms with van der Waals surface area (Å²) in [6, 6.07) is 7.87. The van der Waals surface area contributed by atoms with Crippen molar-refractivity contribution in [3.8, 4) is 10.7 Å². The summed E-state index contributed by atoms with van der Waals surface area (Å²) in [7, 11) is 0. The van der Waals surface area contributed by atoms with Crippen molar-refractivity contribution >= 4 is 34.7 Å². The lowest BCUT2D eigenvalue weighted by atomic mass is 9.53. The molecule has 1 N–H and O–H groups in total. The van der Waals surface area contributed by atoms with Gasteiger partial charge in [-0.25, -0.2) is 0 Å². The molecule has 4 bridgehead atoms. The molecule has 0 unspecified atom stereocenters. The molecule has 4 aliphatic rings. The van der Waals surface area contributed by atoms with Gasteiger partial charge in [0.05, 0.1) is 10.1 Å². The Labute approximate surface area is 183 Å². The van der Waals surface area contributed by atoms with E-state index >= 15 is 0 Å². The molecule has 156 valence electrons. The monoisotopic (exact) mass is 439 g/mol. The number of carbonyl (C=O) groups excluding carboxylic acids is 1. The Kier molecular flexibility index (Phi) is 4.42. The summed E-state index contributed by atoms with van der Waals surface area (Å²) in [5, 5.41) is 19.4. The van der Waals surface area contributed by atoms with Crippen molar-refractivity contribution in [2.75, 3.05) is 0 Å². The molecule has 4 saturated carbocycles. The lowest BCUT2D eigenvalue weighted by molar-refractivity contribution is -0.126. The van der Waals surface area contributed by atoms with Crippen molar-refractivity contribution in [2.24, 2.45) is 17.8 Å². The minimum absolute atomic E-state index is 0.0542. The van der Waals surface area contributed by atoms with Crippen LogP contribution in [0.5, 0.6) is 0 Å². The third-order valence-electron chi connectivity index (χ3n) is 7.07. The fraction of sp³-hybridized carbons (Fsp3) is 0.545. The number of thioether (sulfide) groups is 1. The average molecular weight is 440 g/mol. The van der Waals surface area contributed by atoms with Crippen LogP contribution in [-0.4, -0.2) is 36.5 Å². The summed E-state index contributed by atoms with van der Waals surface area (Å²) in [5.41, 5.74) is 0.770. The van der Waals surface area contributed by atoms with E-state index in [4.69, 9.17) is 5.10 Å². The summed E-state index contributed by atoms with van der Waals surface area (Å²) >= 11 is 3.12. The second-order valence-electron chi connectivity index (χ2n) is 9.39. The van der Waals surface area contributed by atoms with E-state index in [-0.39, 0.29) is 16.7 Å². The Hall–Kier alpha value is -1.93. The molecule has 0 aliphatic heterocycles. The lowest BCUT2D eigenvalue weighted by Gasteiger charge is -2.57. The molecular formula is C22H25N5OS2. The van der Waals surface area contributed by atoms with Gasteiger partial charge in [0.15, 0.2) is 11.5 Å². The van der Waals surface area contributed by atoms with Crippen LogP contribution in [0.2, 0.25) is 0 Å². The normalized spacial score (nSPS) is 30.6. The summed E-state index contributed by atoms with van der Waals surface area (Å²) in [4.78, 5) is 14.1. The summed E-state index contributed by atoms with van der Waals surface area (Å²) in [6.07, 6.45) is 7.68. The smallest absolute Gasteiger partial charge is 0.233 e. The first-order valence-corrected chi connectivity index (χ1v) is 12.6. The van der Waals surface area contributed by atoms with E-state index in [9.17, 15) is 4.79 Å². The number of carbonyl (C=O) groups is 1. The zero-order valence-corrected chi connectivity index (χ0v) is 18.6. The lowest BCUT2D eigenvalue weighted by Crippen LogP contribution is -2.60. The third-order valence-corrected chi connectivity index (χ3v) is 8.97. The fourth-order valence-corrected chi connectivity index (χ4v) is 7.75. The number of rotatable bonds is 5. The van der Waals surface area contributed by atoms with E-state index < -0.39 is 0 Å². The minimum atomic E-state index is -0.190. The van der Waals surface area contributed by atoms with Crippen molar-refractivity contribution in [3.63, 3.8) is 0 Å². The van der Waals surface area contributed by atoms with E-state index in [2.05, 4.69) is 15.5 Å². The molecule has 8 heteroatoms. The molecule has 0 saturated heterocycles. The van der Waals surface area contributed by atoms with Gasteiger partial charge < -0.3 is 5.32 Å². The van der Waals surface area contributed by atoms with Crippen LogP contribution in [0.25, 0.3) is 16.3 Å². The van der Waals surface area contributed by atoms with E-state index in [1.165, 1.54) is 50.3 Å². The van der Waals surface area contributed by atoms with E-state index in [0.29, 0.717) is 5.65 Å². The standard InChI is InChI=1S/C22H25N5OS2/c1-13(21(28)23-22-10-14-7-15(11-22)9-16(8-14)12-22)30-19-5-4-18-24-25-20(27(18)26-19)17-3-2-6-29-17/h2-6,13-16H,7-12H2,1H3,(H,23,28)/t13-,14?,15?,16?,22?/m1/s1. The molecule has 0 radical (unpaired) electrons. The van der Waals surface area contributed by atoms with Crippen molar-refractivity contribution in [3.05, 3.63) is 29.6 Å². The number of amides is 1. The highest BCUT2D eigenvalue weighted by Gasteiger charge is 2.51. The number of hydrogen-bond acceptors (Lipinski definition) is 6. The van der Waals surface area contributed by atoms with Gasteiger partial charge in [-0.05, 0) is 86.8 Å². The van der Waals surface area contributed by atoms with Crippen molar-refractivity contribution in [1.29, 1.82) is 0 Å². The van der Waals surface area contributed by atoms with Gasteiger partial charge >= 0.3 is 0 Å². The second-order valence-corrected chi connectivity index (χ2v) is 11.7. The maximum absolute atomic E-state index is 13.1. The second kappa shape index (κ2) is 7.05. The van der Waals surface area contributed by atoms with Crippen LogP contribution in [-0.2, 0) is 4.79 Å². The van der Waals surface area contributed by atoms with Crippen LogP contribution in [0, 0.1) is 17.8 Å². The predicted octanol–water partition coefficient (Wildman–Crippen LogP) is 4.42. The van der Waals surface area contributed by atoms with Gasteiger partial charge in [0, 0.05) is 5.54 Å². The highest BCUT2D eigenvalue weighted by Crippen LogP contribution is 2.55. The molecule has 4 aliphatic carbocycles. The average Bonchev–Trinajstić information content (AvgIpc) is 3.35. The van der Waals surface area contributed by atoms with Crippen LogP contribution < -0.4 is 5.32 Å². The van der Waals surface area contributed by atoms with Crippen LogP contribution >= 0.6 is 23.1 Å². The Morgan fingerprint density at radius 3 is 2.57 bits per heavy atom. The molecule has 6 nitrogen and oxygen atoms in total. The molecule has 3 heterocycles. The van der Waals surface area contributed by atoms with Crippen molar-refractivity contribution in [2.45, 2.75) is 61.3 Å².